The predicted molar refractivity (Wildman–Crippen MR) is 102 cm³/mol. The van der Waals surface area contributed by atoms with Gasteiger partial charge in [0.05, 0.1) is 6.21 Å². The third-order valence-electron chi connectivity index (χ3n) is 3.98. The fourth-order valence-corrected chi connectivity index (χ4v) is 3.70. The molecule has 0 aromatic heterocycles. The van der Waals surface area contributed by atoms with Crippen molar-refractivity contribution >= 4 is 34.0 Å². The highest BCUT2D eigenvalue weighted by atomic mass is 79.9. The summed E-state index contributed by atoms with van der Waals surface area (Å²) in [5, 5.41) is 10.2. The van der Waals surface area contributed by atoms with Crippen molar-refractivity contribution in [3.8, 4) is 0 Å². The first-order valence-corrected chi connectivity index (χ1v) is 9.04. The second kappa shape index (κ2) is 7.66. The number of carbonyl (C=O) groups is 2. The minimum absolute atomic E-state index is 0.0556. The summed E-state index contributed by atoms with van der Waals surface area (Å²) in [5.74, 6) is -1.42. The standard InChI is InChI=1S/C18H25BrN4O2/c1-17(2)9-14(10-18(3,4)23-17)21-15(24)16(25)22-20-11-12-5-7-13(19)8-6-12/h5-8,11,14,23H,9-10H2,1-4H3,(H,21,24)(H,22,25)/b20-11+. The molecule has 1 aromatic carbocycles. The number of nitrogens with zero attached hydrogens (tertiary/aromatic N) is 1. The molecular weight excluding hydrogens is 384 g/mol. The molecule has 6 nitrogen and oxygen atoms in total. The fourth-order valence-electron chi connectivity index (χ4n) is 3.44. The van der Waals surface area contributed by atoms with Gasteiger partial charge in [0.15, 0.2) is 0 Å². The van der Waals surface area contributed by atoms with Crippen LogP contribution in [-0.2, 0) is 9.59 Å². The lowest BCUT2D eigenvalue weighted by Gasteiger charge is -2.46. The van der Waals surface area contributed by atoms with Crippen LogP contribution < -0.4 is 16.1 Å². The average Bonchev–Trinajstić information content (AvgIpc) is 2.45. The monoisotopic (exact) mass is 408 g/mol. The fraction of sp³-hybridized carbons (Fsp3) is 0.500. The maximum atomic E-state index is 12.1. The summed E-state index contributed by atoms with van der Waals surface area (Å²) in [4.78, 5) is 24.0. The van der Waals surface area contributed by atoms with Crippen LogP contribution in [0.5, 0.6) is 0 Å². The molecule has 0 aliphatic carbocycles. The second-order valence-electron chi connectivity index (χ2n) is 7.72. The Balaban J connectivity index is 1.87. The van der Waals surface area contributed by atoms with E-state index in [1.54, 1.807) is 0 Å². The van der Waals surface area contributed by atoms with Crippen LogP contribution in [0.3, 0.4) is 0 Å². The summed E-state index contributed by atoms with van der Waals surface area (Å²) in [5.41, 5.74) is 2.89. The Labute approximate surface area is 157 Å². The number of halogens is 1. The van der Waals surface area contributed by atoms with Gasteiger partial charge < -0.3 is 10.6 Å². The van der Waals surface area contributed by atoms with Crippen LogP contribution in [0.15, 0.2) is 33.8 Å². The van der Waals surface area contributed by atoms with Crippen molar-refractivity contribution in [2.24, 2.45) is 5.10 Å². The summed E-state index contributed by atoms with van der Waals surface area (Å²) < 4.78 is 0.959. The minimum atomic E-state index is -0.762. The van der Waals surface area contributed by atoms with Gasteiger partial charge in [-0.1, -0.05) is 28.1 Å². The van der Waals surface area contributed by atoms with Crippen LogP contribution in [-0.4, -0.2) is 35.1 Å². The molecular formula is C18H25BrN4O2. The predicted octanol–water partition coefficient (Wildman–Crippen LogP) is 2.32. The zero-order chi connectivity index (χ0) is 18.7. The van der Waals surface area contributed by atoms with E-state index < -0.39 is 11.8 Å². The first kappa shape index (κ1) is 19.6. The topological polar surface area (TPSA) is 82.6 Å². The molecule has 7 heteroatoms. The van der Waals surface area contributed by atoms with Gasteiger partial charge in [-0.3, -0.25) is 9.59 Å². The Morgan fingerprint density at radius 3 is 2.24 bits per heavy atom. The third kappa shape index (κ3) is 6.25. The van der Waals surface area contributed by atoms with Gasteiger partial charge in [-0.05, 0) is 58.2 Å². The summed E-state index contributed by atoms with van der Waals surface area (Å²) in [6.07, 6.45) is 3.02. The van der Waals surface area contributed by atoms with E-state index in [2.05, 4.69) is 64.8 Å². The SMILES string of the molecule is CC1(C)CC(NC(=O)C(=O)N/N=C/c2ccc(Br)cc2)CC(C)(C)N1. The zero-order valence-corrected chi connectivity index (χ0v) is 16.6. The van der Waals surface area contributed by atoms with Gasteiger partial charge >= 0.3 is 11.8 Å². The highest BCUT2D eigenvalue weighted by Crippen LogP contribution is 2.28. The molecule has 1 fully saturated rings. The molecule has 0 bridgehead atoms. The Kier molecular flexibility index (Phi) is 6.00. The first-order chi connectivity index (χ1) is 11.6. The van der Waals surface area contributed by atoms with E-state index in [9.17, 15) is 9.59 Å². The van der Waals surface area contributed by atoms with E-state index >= 15 is 0 Å². The van der Waals surface area contributed by atoms with Gasteiger partial charge in [-0.25, -0.2) is 5.43 Å². The normalized spacial score (nSPS) is 19.6. The lowest BCUT2D eigenvalue weighted by molar-refractivity contribution is -0.140. The molecule has 0 unspecified atom stereocenters. The molecule has 2 rings (SSSR count). The Morgan fingerprint density at radius 2 is 1.68 bits per heavy atom. The molecule has 1 aliphatic heterocycles. The van der Waals surface area contributed by atoms with Crippen LogP contribution >= 0.6 is 15.9 Å². The molecule has 0 radical (unpaired) electrons. The first-order valence-electron chi connectivity index (χ1n) is 8.25. The quantitative estimate of drug-likeness (QED) is 0.407. The lowest BCUT2D eigenvalue weighted by atomic mass is 9.79. The van der Waals surface area contributed by atoms with Gasteiger partial charge in [0.2, 0.25) is 0 Å². The Morgan fingerprint density at radius 1 is 1.12 bits per heavy atom. The van der Waals surface area contributed by atoms with E-state index in [0.29, 0.717) is 0 Å². The molecule has 1 saturated heterocycles. The van der Waals surface area contributed by atoms with Gasteiger partial charge in [0.1, 0.15) is 0 Å². The summed E-state index contributed by atoms with van der Waals surface area (Å²) in [7, 11) is 0. The number of carbonyl (C=O) groups excluding carboxylic acids is 2. The van der Waals surface area contributed by atoms with Crippen molar-refractivity contribution in [2.75, 3.05) is 0 Å². The number of hydrazone groups is 1. The van der Waals surface area contributed by atoms with Crippen LogP contribution in [0.25, 0.3) is 0 Å². The molecule has 3 N–H and O–H groups in total. The highest BCUT2D eigenvalue weighted by Gasteiger charge is 2.38. The molecule has 1 aromatic rings. The van der Waals surface area contributed by atoms with Crippen LogP contribution in [0.2, 0.25) is 0 Å². The average molecular weight is 409 g/mol. The molecule has 0 saturated carbocycles. The van der Waals surface area contributed by atoms with Crippen LogP contribution in [0, 0.1) is 0 Å². The number of benzene rings is 1. The Bertz CT molecular complexity index is 652. The second-order valence-corrected chi connectivity index (χ2v) is 8.64. The summed E-state index contributed by atoms with van der Waals surface area (Å²) >= 11 is 3.35. The molecule has 0 atom stereocenters. The van der Waals surface area contributed by atoms with Gasteiger partial charge in [0.25, 0.3) is 0 Å². The van der Waals surface area contributed by atoms with Crippen molar-refractivity contribution in [3.63, 3.8) is 0 Å². The molecule has 1 aliphatic rings. The van der Waals surface area contributed by atoms with E-state index in [1.807, 2.05) is 24.3 Å². The molecule has 136 valence electrons. The number of hydrogen-bond donors (Lipinski definition) is 3. The lowest BCUT2D eigenvalue weighted by Crippen LogP contribution is -2.62. The van der Waals surface area contributed by atoms with Crippen molar-refractivity contribution in [1.29, 1.82) is 0 Å². The van der Waals surface area contributed by atoms with Crippen LogP contribution in [0.4, 0.5) is 0 Å². The minimum Gasteiger partial charge on any atom is -0.345 e. The van der Waals surface area contributed by atoms with E-state index in [4.69, 9.17) is 0 Å². The molecule has 1 heterocycles. The van der Waals surface area contributed by atoms with Crippen molar-refractivity contribution in [2.45, 2.75) is 57.7 Å². The third-order valence-corrected chi connectivity index (χ3v) is 4.51. The number of nitrogens with one attached hydrogen (secondary N) is 3. The van der Waals surface area contributed by atoms with Gasteiger partial charge in [-0.15, -0.1) is 0 Å². The Hall–Kier alpha value is -1.73. The van der Waals surface area contributed by atoms with Crippen molar-refractivity contribution < 1.29 is 9.59 Å². The summed E-state index contributed by atoms with van der Waals surface area (Å²) in [6, 6.07) is 7.38. The molecule has 0 spiro atoms. The number of amides is 2. The smallest absolute Gasteiger partial charge is 0.329 e. The van der Waals surface area contributed by atoms with E-state index in [-0.39, 0.29) is 17.1 Å². The molecule has 25 heavy (non-hydrogen) atoms. The van der Waals surface area contributed by atoms with Crippen molar-refractivity contribution in [3.05, 3.63) is 34.3 Å². The van der Waals surface area contributed by atoms with Crippen molar-refractivity contribution in [1.82, 2.24) is 16.1 Å². The van der Waals surface area contributed by atoms with E-state index in [1.165, 1.54) is 6.21 Å². The zero-order valence-electron chi connectivity index (χ0n) is 15.0. The van der Waals surface area contributed by atoms with Crippen LogP contribution in [0.1, 0.15) is 46.1 Å². The molecule has 2 amide bonds. The highest BCUT2D eigenvalue weighted by molar-refractivity contribution is 9.10. The van der Waals surface area contributed by atoms with E-state index in [0.717, 1.165) is 22.9 Å². The maximum Gasteiger partial charge on any atom is 0.329 e. The maximum absolute atomic E-state index is 12.1. The van der Waals surface area contributed by atoms with Gasteiger partial charge in [-0.2, -0.15) is 5.10 Å². The largest absolute Gasteiger partial charge is 0.345 e. The number of rotatable bonds is 3. The number of hydrogen-bond acceptors (Lipinski definition) is 4. The van der Waals surface area contributed by atoms with Gasteiger partial charge in [0, 0.05) is 21.6 Å². The summed E-state index contributed by atoms with van der Waals surface area (Å²) in [6.45, 7) is 8.37. The number of piperidine rings is 1.